The van der Waals surface area contributed by atoms with E-state index in [4.69, 9.17) is 9.40 Å². The van der Waals surface area contributed by atoms with E-state index in [-0.39, 0.29) is 0 Å². The fourth-order valence-corrected chi connectivity index (χ4v) is 3.34. The van der Waals surface area contributed by atoms with Crippen LogP contribution in [-0.2, 0) is 0 Å². The molecule has 0 radical (unpaired) electrons. The van der Waals surface area contributed by atoms with Crippen molar-refractivity contribution in [2.75, 3.05) is 18.0 Å². The number of benzene rings is 2. The normalized spacial score (nSPS) is 14.8. The zero-order chi connectivity index (χ0) is 16.0. The van der Waals surface area contributed by atoms with E-state index in [0.717, 1.165) is 29.8 Å². The van der Waals surface area contributed by atoms with Gasteiger partial charge >= 0.3 is 0 Å². The number of hydrogen-bond acceptors (Lipinski definition) is 3. The number of oxazole rings is 1. The Labute approximate surface area is 136 Å². The molecule has 23 heavy (non-hydrogen) atoms. The Kier molecular flexibility index (Phi) is 3.37. The number of nitrogens with zero attached hydrogens (tertiary/aromatic N) is 2. The highest BCUT2D eigenvalue weighted by Crippen LogP contribution is 2.31. The van der Waals surface area contributed by atoms with Crippen LogP contribution in [0, 0.1) is 20.8 Å². The fourth-order valence-electron chi connectivity index (χ4n) is 3.34. The molecule has 0 unspecified atom stereocenters. The highest BCUT2D eigenvalue weighted by molar-refractivity contribution is 5.78. The van der Waals surface area contributed by atoms with Crippen molar-refractivity contribution in [1.29, 1.82) is 0 Å². The predicted octanol–water partition coefficient (Wildman–Crippen LogP) is 5.02. The van der Waals surface area contributed by atoms with Crippen molar-refractivity contribution in [3.63, 3.8) is 0 Å². The van der Waals surface area contributed by atoms with Gasteiger partial charge in [-0.25, -0.2) is 4.98 Å². The van der Waals surface area contributed by atoms with Crippen LogP contribution < -0.4 is 4.90 Å². The van der Waals surface area contributed by atoms with E-state index in [1.165, 1.54) is 35.2 Å². The zero-order valence-electron chi connectivity index (χ0n) is 14.0. The van der Waals surface area contributed by atoms with Gasteiger partial charge in [-0.05, 0) is 74.6 Å². The van der Waals surface area contributed by atoms with Crippen molar-refractivity contribution in [2.24, 2.45) is 0 Å². The summed E-state index contributed by atoms with van der Waals surface area (Å²) < 4.78 is 6.02. The topological polar surface area (TPSA) is 29.3 Å². The van der Waals surface area contributed by atoms with E-state index in [9.17, 15) is 0 Å². The summed E-state index contributed by atoms with van der Waals surface area (Å²) in [6, 6.07) is 10.7. The van der Waals surface area contributed by atoms with E-state index in [1.54, 1.807) is 0 Å². The third-order valence-electron chi connectivity index (χ3n) is 4.91. The second-order valence-electron chi connectivity index (χ2n) is 6.62. The Bertz CT molecular complexity index is 834. The summed E-state index contributed by atoms with van der Waals surface area (Å²) in [6.45, 7) is 8.69. The van der Waals surface area contributed by atoms with Crippen molar-refractivity contribution in [3.8, 4) is 11.5 Å². The molecule has 0 spiro atoms. The van der Waals surface area contributed by atoms with Crippen molar-refractivity contribution >= 4 is 16.8 Å². The second-order valence-corrected chi connectivity index (χ2v) is 6.62. The van der Waals surface area contributed by atoms with Gasteiger partial charge in [0.2, 0.25) is 5.89 Å². The van der Waals surface area contributed by atoms with Crippen LogP contribution in [0.5, 0.6) is 0 Å². The number of aromatic nitrogens is 1. The average Bonchev–Trinajstić information content (AvgIpc) is 3.18. The molecule has 4 rings (SSSR count). The van der Waals surface area contributed by atoms with Gasteiger partial charge in [0, 0.05) is 24.3 Å². The van der Waals surface area contributed by atoms with Gasteiger partial charge in [0.05, 0.1) is 0 Å². The first-order chi connectivity index (χ1) is 11.1. The molecular weight excluding hydrogens is 284 g/mol. The van der Waals surface area contributed by atoms with Crippen LogP contribution in [0.3, 0.4) is 0 Å². The van der Waals surface area contributed by atoms with E-state index in [2.05, 4.69) is 56.0 Å². The van der Waals surface area contributed by atoms with Crippen molar-refractivity contribution < 1.29 is 4.42 Å². The smallest absolute Gasteiger partial charge is 0.227 e. The number of anilines is 1. The van der Waals surface area contributed by atoms with Gasteiger partial charge in [-0.3, -0.25) is 0 Å². The lowest BCUT2D eigenvalue weighted by atomic mass is 10.1. The van der Waals surface area contributed by atoms with Crippen molar-refractivity contribution in [2.45, 2.75) is 33.6 Å². The molecule has 0 bridgehead atoms. The Morgan fingerprint density at radius 2 is 1.65 bits per heavy atom. The van der Waals surface area contributed by atoms with Crippen molar-refractivity contribution in [1.82, 2.24) is 4.98 Å². The maximum atomic E-state index is 6.02. The highest BCUT2D eigenvalue weighted by Gasteiger charge is 2.17. The molecule has 1 aliphatic heterocycles. The third kappa shape index (κ3) is 2.50. The standard InChI is InChI=1S/C20H22N2O/c1-13-6-7-16(12-18(13)22-8-4-5-9-22)20-21-17-10-14(2)15(3)11-19(17)23-20/h6-7,10-12H,4-5,8-9H2,1-3H3. The summed E-state index contributed by atoms with van der Waals surface area (Å²) in [5.41, 5.74) is 7.98. The Morgan fingerprint density at radius 3 is 2.43 bits per heavy atom. The Hall–Kier alpha value is -2.29. The second kappa shape index (κ2) is 5.41. The van der Waals surface area contributed by atoms with Crippen LogP contribution in [0.4, 0.5) is 5.69 Å². The lowest BCUT2D eigenvalue weighted by Crippen LogP contribution is -2.18. The van der Waals surface area contributed by atoms with Gasteiger partial charge in [0.15, 0.2) is 5.58 Å². The first kappa shape index (κ1) is 14.3. The number of aryl methyl sites for hydroxylation is 3. The highest BCUT2D eigenvalue weighted by atomic mass is 16.3. The minimum Gasteiger partial charge on any atom is -0.436 e. The van der Waals surface area contributed by atoms with Gasteiger partial charge in [-0.2, -0.15) is 0 Å². The zero-order valence-corrected chi connectivity index (χ0v) is 14.0. The molecule has 118 valence electrons. The maximum absolute atomic E-state index is 6.02. The lowest BCUT2D eigenvalue weighted by molar-refractivity contribution is 0.619. The molecule has 1 aliphatic rings. The van der Waals surface area contributed by atoms with Gasteiger partial charge < -0.3 is 9.32 Å². The Balaban J connectivity index is 1.79. The quantitative estimate of drug-likeness (QED) is 0.665. The molecule has 1 aromatic heterocycles. The molecule has 0 saturated carbocycles. The summed E-state index contributed by atoms with van der Waals surface area (Å²) in [6.07, 6.45) is 2.57. The van der Waals surface area contributed by atoms with Crippen LogP contribution >= 0.6 is 0 Å². The molecular formula is C20H22N2O. The summed E-state index contributed by atoms with van der Waals surface area (Å²) >= 11 is 0. The van der Waals surface area contributed by atoms with Crippen LogP contribution in [-0.4, -0.2) is 18.1 Å². The van der Waals surface area contributed by atoms with E-state index >= 15 is 0 Å². The largest absolute Gasteiger partial charge is 0.436 e. The number of rotatable bonds is 2. The Morgan fingerprint density at radius 1 is 0.913 bits per heavy atom. The predicted molar refractivity (Wildman–Crippen MR) is 95.1 cm³/mol. The molecule has 1 saturated heterocycles. The molecule has 2 aromatic carbocycles. The van der Waals surface area contributed by atoms with Crippen LogP contribution in [0.1, 0.15) is 29.5 Å². The molecule has 0 aliphatic carbocycles. The number of hydrogen-bond donors (Lipinski definition) is 0. The molecule has 0 amide bonds. The molecule has 3 heteroatoms. The molecule has 1 fully saturated rings. The van der Waals surface area contributed by atoms with Gasteiger partial charge in [-0.1, -0.05) is 6.07 Å². The monoisotopic (exact) mass is 306 g/mol. The summed E-state index contributed by atoms with van der Waals surface area (Å²) in [4.78, 5) is 7.17. The van der Waals surface area contributed by atoms with Gasteiger partial charge in [0.1, 0.15) is 5.52 Å². The molecule has 3 nitrogen and oxygen atoms in total. The van der Waals surface area contributed by atoms with Crippen LogP contribution in [0.2, 0.25) is 0 Å². The molecule has 2 heterocycles. The molecule has 0 N–H and O–H groups in total. The van der Waals surface area contributed by atoms with E-state index in [0.29, 0.717) is 5.89 Å². The minimum atomic E-state index is 0.713. The molecule has 0 atom stereocenters. The summed E-state index contributed by atoms with van der Waals surface area (Å²) in [5.74, 6) is 0.713. The van der Waals surface area contributed by atoms with E-state index in [1.807, 2.05) is 0 Å². The van der Waals surface area contributed by atoms with Crippen LogP contribution in [0.15, 0.2) is 34.7 Å². The average molecular weight is 306 g/mol. The van der Waals surface area contributed by atoms with Gasteiger partial charge in [-0.15, -0.1) is 0 Å². The van der Waals surface area contributed by atoms with Crippen molar-refractivity contribution in [3.05, 3.63) is 47.0 Å². The summed E-state index contributed by atoms with van der Waals surface area (Å²) in [5, 5.41) is 0. The summed E-state index contributed by atoms with van der Waals surface area (Å²) in [7, 11) is 0. The van der Waals surface area contributed by atoms with Gasteiger partial charge in [0.25, 0.3) is 0 Å². The number of fused-ring (bicyclic) bond motifs is 1. The first-order valence-electron chi connectivity index (χ1n) is 8.35. The SMILES string of the molecule is Cc1cc2nc(-c3ccc(C)c(N4CCCC4)c3)oc2cc1C. The lowest BCUT2D eigenvalue weighted by Gasteiger charge is -2.20. The first-order valence-corrected chi connectivity index (χ1v) is 8.35. The van der Waals surface area contributed by atoms with E-state index < -0.39 is 0 Å². The third-order valence-corrected chi connectivity index (χ3v) is 4.91. The maximum Gasteiger partial charge on any atom is 0.227 e. The van der Waals surface area contributed by atoms with Crippen LogP contribution in [0.25, 0.3) is 22.6 Å². The minimum absolute atomic E-state index is 0.713. The fraction of sp³-hybridized carbons (Fsp3) is 0.350. The molecule has 3 aromatic rings.